The summed E-state index contributed by atoms with van der Waals surface area (Å²) in [5, 5.41) is 3.17. The van der Waals surface area contributed by atoms with E-state index >= 15 is 0 Å². The highest BCUT2D eigenvalue weighted by atomic mass is 35.5. The zero-order valence-electron chi connectivity index (χ0n) is 14.8. The Bertz CT molecular complexity index is 873. The van der Waals surface area contributed by atoms with Crippen LogP contribution in [0.25, 0.3) is 0 Å². The van der Waals surface area contributed by atoms with Crippen molar-refractivity contribution < 1.29 is 13.9 Å². The summed E-state index contributed by atoms with van der Waals surface area (Å²) in [6.07, 6.45) is 2.43. The topological polar surface area (TPSA) is 89.6 Å². The van der Waals surface area contributed by atoms with Crippen LogP contribution in [0.1, 0.15) is 35.8 Å². The standard InChI is InChI=1S/C19H20ClFN4O2/c1-2-19(7-8-27-11-17(22)25-19)14-9-13(4-5-15(14)21)24-18(26)16-6-3-12(20)10-23-16/h3-6,9-10H,2,7-8,11H2,1H3,(H2,22,25)(H,24,26)/t19-/m0/s1. The minimum absolute atomic E-state index is 0.209. The first-order valence-electron chi connectivity index (χ1n) is 8.58. The van der Waals surface area contributed by atoms with Crippen molar-refractivity contribution >= 4 is 29.0 Å². The van der Waals surface area contributed by atoms with Gasteiger partial charge in [-0.05, 0) is 36.8 Å². The molecule has 0 saturated heterocycles. The monoisotopic (exact) mass is 390 g/mol. The van der Waals surface area contributed by atoms with E-state index in [0.717, 1.165) is 0 Å². The van der Waals surface area contributed by atoms with Gasteiger partial charge in [0.15, 0.2) is 0 Å². The molecule has 1 amide bonds. The van der Waals surface area contributed by atoms with E-state index in [9.17, 15) is 9.18 Å². The number of benzene rings is 1. The second-order valence-corrected chi connectivity index (χ2v) is 6.74. The van der Waals surface area contributed by atoms with Gasteiger partial charge in [-0.2, -0.15) is 0 Å². The first-order valence-corrected chi connectivity index (χ1v) is 8.96. The molecular weight excluding hydrogens is 371 g/mol. The molecule has 3 N–H and O–H groups in total. The summed E-state index contributed by atoms with van der Waals surface area (Å²) in [4.78, 5) is 20.9. The number of aliphatic imine (C=N–C) groups is 1. The van der Waals surface area contributed by atoms with Gasteiger partial charge >= 0.3 is 0 Å². The lowest BCUT2D eigenvalue weighted by Gasteiger charge is -2.29. The highest BCUT2D eigenvalue weighted by molar-refractivity contribution is 6.30. The summed E-state index contributed by atoms with van der Waals surface area (Å²) in [7, 11) is 0. The number of hydrogen-bond donors (Lipinski definition) is 2. The zero-order chi connectivity index (χ0) is 19.4. The molecule has 2 heterocycles. The van der Waals surface area contributed by atoms with Crippen molar-refractivity contribution in [3.05, 3.63) is 58.6 Å². The minimum Gasteiger partial charge on any atom is -0.386 e. The van der Waals surface area contributed by atoms with Gasteiger partial charge in [-0.15, -0.1) is 0 Å². The first kappa shape index (κ1) is 19.3. The van der Waals surface area contributed by atoms with Gasteiger partial charge in [0, 0.05) is 30.5 Å². The molecule has 1 aliphatic heterocycles. The number of nitrogens with one attached hydrogen (secondary N) is 1. The molecule has 0 radical (unpaired) electrons. The smallest absolute Gasteiger partial charge is 0.274 e. The molecule has 3 rings (SSSR count). The summed E-state index contributed by atoms with van der Waals surface area (Å²) in [5.74, 6) is -0.492. The minimum atomic E-state index is -0.829. The number of amidine groups is 1. The maximum Gasteiger partial charge on any atom is 0.274 e. The van der Waals surface area contributed by atoms with Crippen molar-refractivity contribution in [1.29, 1.82) is 0 Å². The average molecular weight is 391 g/mol. The molecule has 142 valence electrons. The SMILES string of the molecule is CC[C@@]1(c2cc(NC(=O)c3ccc(Cl)cn3)ccc2F)CCOCC(N)=N1. The molecule has 2 aromatic rings. The number of nitrogens with two attached hydrogens (primary N) is 1. The van der Waals surface area contributed by atoms with Crippen LogP contribution in [0.5, 0.6) is 0 Å². The van der Waals surface area contributed by atoms with Crippen LogP contribution in [0.15, 0.2) is 41.5 Å². The highest BCUT2D eigenvalue weighted by Crippen LogP contribution is 2.37. The van der Waals surface area contributed by atoms with E-state index in [2.05, 4.69) is 15.3 Å². The van der Waals surface area contributed by atoms with Gasteiger partial charge in [0.1, 0.15) is 24.0 Å². The molecule has 1 aromatic carbocycles. The maximum atomic E-state index is 14.7. The number of rotatable bonds is 4. The van der Waals surface area contributed by atoms with Crippen LogP contribution < -0.4 is 11.1 Å². The van der Waals surface area contributed by atoms with E-state index in [1.807, 2.05) is 6.92 Å². The predicted octanol–water partition coefficient (Wildman–Crippen LogP) is 3.51. The maximum absolute atomic E-state index is 14.7. The zero-order valence-corrected chi connectivity index (χ0v) is 15.6. The van der Waals surface area contributed by atoms with Crippen LogP contribution in [0.4, 0.5) is 10.1 Å². The van der Waals surface area contributed by atoms with Crippen molar-refractivity contribution in [3.63, 3.8) is 0 Å². The Morgan fingerprint density at radius 1 is 1.41 bits per heavy atom. The Hall–Kier alpha value is -2.51. The van der Waals surface area contributed by atoms with Crippen molar-refractivity contribution in [3.8, 4) is 0 Å². The Labute approximate surface area is 161 Å². The average Bonchev–Trinajstić information content (AvgIpc) is 2.85. The summed E-state index contributed by atoms with van der Waals surface area (Å²) < 4.78 is 20.1. The summed E-state index contributed by atoms with van der Waals surface area (Å²) in [5.41, 5.74) is 6.09. The third-order valence-electron chi connectivity index (χ3n) is 4.54. The van der Waals surface area contributed by atoms with Crippen molar-refractivity contribution in [2.75, 3.05) is 18.5 Å². The Morgan fingerprint density at radius 3 is 2.93 bits per heavy atom. The predicted molar refractivity (Wildman–Crippen MR) is 103 cm³/mol. The van der Waals surface area contributed by atoms with Gasteiger partial charge in [0.2, 0.25) is 0 Å². The second-order valence-electron chi connectivity index (χ2n) is 6.30. The molecule has 0 saturated carbocycles. The van der Waals surface area contributed by atoms with E-state index in [4.69, 9.17) is 22.1 Å². The lowest BCUT2D eigenvalue weighted by atomic mass is 9.84. The number of carbonyl (C=O) groups excluding carboxylic acids is 1. The number of carbonyl (C=O) groups is 1. The number of hydrogen-bond acceptors (Lipinski definition) is 5. The molecule has 0 aliphatic carbocycles. The Balaban J connectivity index is 1.93. The molecular formula is C19H20ClFN4O2. The number of amides is 1. The van der Waals surface area contributed by atoms with E-state index in [1.54, 1.807) is 12.1 Å². The van der Waals surface area contributed by atoms with Crippen molar-refractivity contribution in [2.24, 2.45) is 10.7 Å². The molecule has 8 heteroatoms. The molecule has 0 spiro atoms. The number of ether oxygens (including phenoxy) is 1. The fraction of sp³-hybridized carbons (Fsp3) is 0.316. The van der Waals surface area contributed by atoms with Crippen LogP contribution >= 0.6 is 11.6 Å². The van der Waals surface area contributed by atoms with E-state index in [1.165, 1.54) is 24.4 Å². The first-order chi connectivity index (χ1) is 12.9. The van der Waals surface area contributed by atoms with Gasteiger partial charge in [0.05, 0.1) is 10.6 Å². The van der Waals surface area contributed by atoms with E-state index < -0.39 is 17.3 Å². The quantitative estimate of drug-likeness (QED) is 0.835. The molecule has 1 aromatic heterocycles. The molecule has 0 unspecified atom stereocenters. The van der Waals surface area contributed by atoms with E-state index in [-0.39, 0.29) is 12.3 Å². The summed E-state index contributed by atoms with van der Waals surface area (Å²) in [6, 6.07) is 7.50. The van der Waals surface area contributed by atoms with Gasteiger partial charge in [-0.3, -0.25) is 9.79 Å². The van der Waals surface area contributed by atoms with Crippen LogP contribution in [-0.4, -0.2) is 29.9 Å². The Morgan fingerprint density at radius 2 is 2.22 bits per heavy atom. The summed E-state index contributed by atoms with van der Waals surface area (Å²) in [6.45, 7) is 2.56. The number of aromatic nitrogens is 1. The van der Waals surface area contributed by atoms with Crippen LogP contribution in [-0.2, 0) is 10.3 Å². The Kier molecular flexibility index (Phi) is 5.72. The molecule has 1 aliphatic rings. The molecule has 1 atom stereocenters. The second kappa shape index (κ2) is 8.02. The molecule has 6 nitrogen and oxygen atoms in total. The van der Waals surface area contributed by atoms with Gasteiger partial charge < -0.3 is 15.8 Å². The number of halogens is 2. The normalized spacial score (nSPS) is 19.9. The van der Waals surface area contributed by atoms with Crippen molar-refractivity contribution in [1.82, 2.24) is 4.98 Å². The summed E-state index contributed by atoms with van der Waals surface area (Å²) >= 11 is 5.79. The number of pyridine rings is 1. The van der Waals surface area contributed by atoms with E-state index in [0.29, 0.717) is 41.6 Å². The van der Waals surface area contributed by atoms with Crippen LogP contribution in [0.3, 0.4) is 0 Å². The lowest BCUT2D eigenvalue weighted by Crippen LogP contribution is -2.28. The fourth-order valence-corrected chi connectivity index (χ4v) is 3.20. The number of anilines is 1. The van der Waals surface area contributed by atoms with Crippen molar-refractivity contribution in [2.45, 2.75) is 25.3 Å². The number of nitrogens with zero attached hydrogens (tertiary/aromatic N) is 2. The lowest BCUT2D eigenvalue weighted by molar-refractivity contribution is 0.102. The fourth-order valence-electron chi connectivity index (χ4n) is 3.09. The van der Waals surface area contributed by atoms with Gasteiger partial charge in [-0.25, -0.2) is 9.37 Å². The van der Waals surface area contributed by atoms with Crippen LogP contribution in [0.2, 0.25) is 5.02 Å². The van der Waals surface area contributed by atoms with Crippen LogP contribution in [0, 0.1) is 5.82 Å². The van der Waals surface area contributed by atoms with Gasteiger partial charge in [-0.1, -0.05) is 18.5 Å². The highest BCUT2D eigenvalue weighted by Gasteiger charge is 2.34. The third-order valence-corrected chi connectivity index (χ3v) is 4.76. The third kappa shape index (κ3) is 4.26. The molecule has 0 fully saturated rings. The van der Waals surface area contributed by atoms with Gasteiger partial charge in [0.25, 0.3) is 5.91 Å². The molecule has 0 bridgehead atoms. The largest absolute Gasteiger partial charge is 0.386 e. The molecule has 27 heavy (non-hydrogen) atoms.